The standard InChI is InChI=1S/C21H24ClN5O3/c22-15-1-2-16-17(11-15)24-18(23-16)3-4-19(28)27-8-5-14(12-27)21-25-20(26-30-21)13-6-9-29-10-7-13/h1-2,11,13-14H,3-10,12H2,(H,23,24). The van der Waals surface area contributed by atoms with Crippen molar-refractivity contribution in [1.82, 2.24) is 25.0 Å². The molecule has 2 saturated heterocycles. The number of rotatable bonds is 5. The summed E-state index contributed by atoms with van der Waals surface area (Å²) >= 11 is 6.02. The number of carbonyl (C=O) groups is 1. The minimum atomic E-state index is 0.114. The minimum Gasteiger partial charge on any atom is -0.381 e. The van der Waals surface area contributed by atoms with Crippen LogP contribution in [0.25, 0.3) is 11.0 Å². The molecule has 0 aliphatic carbocycles. The minimum absolute atomic E-state index is 0.114. The van der Waals surface area contributed by atoms with E-state index in [0.717, 1.165) is 55.2 Å². The zero-order valence-electron chi connectivity index (χ0n) is 16.6. The van der Waals surface area contributed by atoms with Crippen LogP contribution in [0.2, 0.25) is 5.02 Å². The van der Waals surface area contributed by atoms with E-state index in [2.05, 4.69) is 20.1 Å². The number of hydrogen-bond donors (Lipinski definition) is 1. The van der Waals surface area contributed by atoms with Gasteiger partial charge in [-0.15, -0.1) is 0 Å². The van der Waals surface area contributed by atoms with Crippen molar-refractivity contribution in [3.63, 3.8) is 0 Å². The van der Waals surface area contributed by atoms with Crippen LogP contribution in [0.15, 0.2) is 22.7 Å². The summed E-state index contributed by atoms with van der Waals surface area (Å²) in [6, 6.07) is 5.54. The highest BCUT2D eigenvalue weighted by Crippen LogP contribution is 2.30. The van der Waals surface area contributed by atoms with Gasteiger partial charge in [0.2, 0.25) is 11.8 Å². The molecular formula is C21H24ClN5O3. The summed E-state index contributed by atoms with van der Waals surface area (Å²) in [6.45, 7) is 2.84. The van der Waals surface area contributed by atoms with E-state index >= 15 is 0 Å². The van der Waals surface area contributed by atoms with Crippen molar-refractivity contribution in [2.75, 3.05) is 26.3 Å². The number of aromatic nitrogens is 4. The number of imidazole rings is 1. The van der Waals surface area contributed by atoms with Crippen molar-refractivity contribution in [1.29, 1.82) is 0 Å². The molecule has 0 radical (unpaired) electrons. The molecule has 8 nitrogen and oxygen atoms in total. The number of amides is 1. The third-order valence-electron chi connectivity index (χ3n) is 6.00. The fourth-order valence-corrected chi connectivity index (χ4v) is 4.43. The van der Waals surface area contributed by atoms with Crippen LogP contribution in [0.1, 0.15) is 55.1 Å². The average Bonchev–Trinajstić information content (AvgIpc) is 3.51. The molecule has 4 heterocycles. The van der Waals surface area contributed by atoms with Crippen LogP contribution >= 0.6 is 11.6 Å². The second-order valence-electron chi connectivity index (χ2n) is 8.05. The second-order valence-corrected chi connectivity index (χ2v) is 8.48. The Labute approximate surface area is 178 Å². The zero-order chi connectivity index (χ0) is 20.5. The molecule has 0 spiro atoms. The van der Waals surface area contributed by atoms with Crippen molar-refractivity contribution < 1.29 is 14.1 Å². The van der Waals surface area contributed by atoms with Crippen LogP contribution in [0.5, 0.6) is 0 Å². The summed E-state index contributed by atoms with van der Waals surface area (Å²) in [6.07, 6.45) is 3.70. The van der Waals surface area contributed by atoms with Crippen LogP contribution in [0.4, 0.5) is 0 Å². The molecule has 2 fully saturated rings. The molecule has 1 atom stereocenters. The van der Waals surface area contributed by atoms with Gasteiger partial charge in [0.05, 0.1) is 17.0 Å². The normalized spacial score (nSPS) is 20.3. The van der Waals surface area contributed by atoms with E-state index in [-0.39, 0.29) is 11.8 Å². The van der Waals surface area contributed by atoms with Gasteiger partial charge in [-0.2, -0.15) is 4.98 Å². The first-order valence-corrected chi connectivity index (χ1v) is 10.9. The van der Waals surface area contributed by atoms with Crippen LogP contribution in [0, 0.1) is 0 Å². The van der Waals surface area contributed by atoms with Crippen molar-refractivity contribution in [2.45, 2.75) is 43.9 Å². The topological polar surface area (TPSA) is 97.1 Å². The molecule has 1 aromatic carbocycles. The smallest absolute Gasteiger partial charge is 0.231 e. The Hall–Kier alpha value is -2.45. The molecule has 1 amide bonds. The van der Waals surface area contributed by atoms with E-state index in [1.54, 1.807) is 0 Å². The Bertz CT molecular complexity index is 1040. The number of likely N-dealkylation sites (tertiary alicyclic amines) is 1. The summed E-state index contributed by atoms with van der Waals surface area (Å²) in [5.74, 6) is 2.79. The van der Waals surface area contributed by atoms with Gasteiger partial charge < -0.3 is 19.1 Å². The summed E-state index contributed by atoms with van der Waals surface area (Å²) in [5, 5.41) is 4.86. The van der Waals surface area contributed by atoms with Gasteiger partial charge in [0, 0.05) is 50.1 Å². The van der Waals surface area contributed by atoms with E-state index in [1.807, 2.05) is 23.1 Å². The Balaban J connectivity index is 1.16. The van der Waals surface area contributed by atoms with E-state index in [1.165, 1.54) is 0 Å². The van der Waals surface area contributed by atoms with Gasteiger partial charge >= 0.3 is 0 Å². The summed E-state index contributed by atoms with van der Waals surface area (Å²) in [4.78, 5) is 27.0. The molecule has 0 saturated carbocycles. The fourth-order valence-electron chi connectivity index (χ4n) is 4.26. The number of nitrogens with one attached hydrogen (secondary N) is 1. The maximum absolute atomic E-state index is 12.7. The third kappa shape index (κ3) is 4.06. The van der Waals surface area contributed by atoms with Gasteiger partial charge in [-0.25, -0.2) is 4.98 Å². The van der Waals surface area contributed by atoms with Crippen LogP contribution in [-0.4, -0.2) is 57.2 Å². The summed E-state index contributed by atoms with van der Waals surface area (Å²) in [7, 11) is 0. The fraction of sp³-hybridized carbons (Fsp3) is 0.524. The highest BCUT2D eigenvalue weighted by atomic mass is 35.5. The number of hydrogen-bond acceptors (Lipinski definition) is 6. The largest absolute Gasteiger partial charge is 0.381 e. The number of halogens is 1. The second kappa shape index (κ2) is 8.35. The molecule has 5 rings (SSSR count). The molecular weight excluding hydrogens is 406 g/mol. The monoisotopic (exact) mass is 429 g/mol. The number of fused-ring (bicyclic) bond motifs is 1. The lowest BCUT2D eigenvalue weighted by molar-refractivity contribution is -0.130. The van der Waals surface area contributed by atoms with E-state index in [9.17, 15) is 4.79 Å². The third-order valence-corrected chi connectivity index (χ3v) is 6.24. The lowest BCUT2D eigenvalue weighted by Crippen LogP contribution is -2.28. The predicted octanol–water partition coefficient (Wildman–Crippen LogP) is 3.44. The van der Waals surface area contributed by atoms with Gasteiger partial charge in [-0.3, -0.25) is 4.79 Å². The first-order chi connectivity index (χ1) is 14.7. The molecule has 2 aromatic heterocycles. The van der Waals surface area contributed by atoms with Crippen molar-refractivity contribution in [2.24, 2.45) is 0 Å². The maximum Gasteiger partial charge on any atom is 0.231 e. The van der Waals surface area contributed by atoms with Crippen molar-refractivity contribution in [3.8, 4) is 0 Å². The molecule has 3 aromatic rings. The molecule has 9 heteroatoms. The summed E-state index contributed by atoms with van der Waals surface area (Å²) in [5.41, 5.74) is 1.75. The number of carbonyl (C=O) groups excluding carboxylic acids is 1. The molecule has 2 aliphatic rings. The molecule has 30 heavy (non-hydrogen) atoms. The van der Waals surface area contributed by atoms with Gasteiger partial charge in [0.25, 0.3) is 0 Å². The maximum atomic E-state index is 12.7. The number of aromatic amines is 1. The van der Waals surface area contributed by atoms with E-state index in [0.29, 0.717) is 42.8 Å². The number of aryl methyl sites for hydroxylation is 1. The number of nitrogens with zero attached hydrogens (tertiary/aromatic N) is 4. The molecule has 1 N–H and O–H groups in total. The molecule has 1 unspecified atom stereocenters. The van der Waals surface area contributed by atoms with Crippen LogP contribution in [-0.2, 0) is 16.0 Å². The number of H-pyrrole nitrogens is 1. The number of benzene rings is 1. The van der Waals surface area contributed by atoms with Gasteiger partial charge in [0.15, 0.2) is 5.82 Å². The van der Waals surface area contributed by atoms with Crippen molar-refractivity contribution in [3.05, 3.63) is 40.8 Å². The Morgan fingerprint density at radius 1 is 1.20 bits per heavy atom. The van der Waals surface area contributed by atoms with Crippen LogP contribution in [0.3, 0.4) is 0 Å². The SMILES string of the molecule is O=C(CCc1nc2ccc(Cl)cc2[nH]1)N1CCC(c2nc(C3CCOCC3)no2)C1. The molecule has 158 valence electrons. The first-order valence-electron chi connectivity index (χ1n) is 10.5. The lowest BCUT2D eigenvalue weighted by Gasteiger charge is -2.18. The summed E-state index contributed by atoms with van der Waals surface area (Å²) < 4.78 is 10.9. The lowest BCUT2D eigenvalue weighted by atomic mass is 10.00. The van der Waals surface area contributed by atoms with Gasteiger partial charge in [0.1, 0.15) is 5.82 Å². The Morgan fingerprint density at radius 3 is 2.93 bits per heavy atom. The number of ether oxygens (including phenoxy) is 1. The van der Waals surface area contributed by atoms with Crippen molar-refractivity contribution >= 4 is 28.5 Å². The zero-order valence-corrected chi connectivity index (χ0v) is 17.4. The predicted molar refractivity (Wildman–Crippen MR) is 110 cm³/mol. The Morgan fingerprint density at radius 2 is 2.07 bits per heavy atom. The Kier molecular flexibility index (Phi) is 5.43. The average molecular weight is 430 g/mol. The van der Waals surface area contributed by atoms with E-state index < -0.39 is 0 Å². The van der Waals surface area contributed by atoms with Gasteiger partial charge in [-0.1, -0.05) is 16.8 Å². The van der Waals surface area contributed by atoms with E-state index in [4.69, 9.17) is 20.9 Å². The van der Waals surface area contributed by atoms with Crippen LogP contribution < -0.4 is 0 Å². The highest BCUT2D eigenvalue weighted by molar-refractivity contribution is 6.31. The highest BCUT2D eigenvalue weighted by Gasteiger charge is 2.32. The molecule has 2 aliphatic heterocycles. The van der Waals surface area contributed by atoms with Gasteiger partial charge in [-0.05, 0) is 37.5 Å². The first kappa shape index (κ1) is 19.5. The quantitative estimate of drug-likeness (QED) is 0.667. The molecule has 0 bridgehead atoms.